The van der Waals surface area contributed by atoms with Gasteiger partial charge < -0.3 is 28.5 Å². The lowest BCUT2D eigenvalue weighted by Crippen LogP contribution is -2.40. The normalized spacial score (nSPS) is 13.2. The highest BCUT2D eigenvalue weighted by atomic mass is 16.7. The van der Waals surface area contributed by atoms with Crippen LogP contribution in [0.3, 0.4) is 0 Å². The Hall–Kier alpha value is -3.53. The maximum Gasteiger partial charge on any atom is 0.361 e. The quantitative estimate of drug-likeness (QED) is 0.0211. The second kappa shape index (κ2) is 66.4. The van der Waals surface area contributed by atoms with Crippen molar-refractivity contribution in [2.45, 2.75) is 334 Å². The molecule has 0 amide bonds. The Bertz CT molecular complexity index is 1670. The number of esters is 2. The minimum absolute atomic E-state index is 0.133. The molecule has 0 fully saturated rings. The topological polar surface area (TPSA) is 108 Å². The van der Waals surface area contributed by atoms with Gasteiger partial charge in [0.15, 0.2) is 6.10 Å². The fraction of sp³-hybridized carbons (Fsp3) is 0.776. The van der Waals surface area contributed by atoms with Gasteiger partial charge in [-0.25, -0.2) is 4.79 Å². The van der Waals surface area contributed by atoms with Crippen molar-refractivity contribution in [2.24, 2.45) is 0 Å². The van der Waals surface area contributed by atoms with Crippen LogP contribution in [0.15, 0.2) is 85.1 Å². The van der Waals surface area contributed by atoms with E-state index < -0.39 is 24.3 Å². The number of carbonyl (C=O) groups excluding carboxylic acids is 2. The van der Waals surface area contributed by atoms with Crippen molar-refractivity contribution in [3.63, 3.8) is 0 Å². The first-order chi connectivity index (χ1) is 41.6. The lowest BCUT2D eigenvalue weighted by atomic mass is 10.0. The van der Waals surface area contributed by atoms with Crippen LogP contribution in [0.25, 0.3) is 0 Å². The molecule has 9 nitrogen and oxygen atoms in total. The van der Waals surface area contributed by atoms with Crippen LogP contribution in [0.4, 0.5) is 0 Å². The molecule has 0 heterocycles. The van der Waals surface area contributed by atoms with Crippen molar-refractivity contribution >= 4 is 17.9 Å². The monoisotopic (exact) mass is 1190 g/mol. The highest BCUT2D eigenvalue weighted by Crippen LogP contribution is 2.18. The van der Waals surface area contributed by atoms with Crippen molar-refractivity contribution in [3.05, 3.63) is 85.1 Å². The zero-order chi connectivity index (χ0) is 61.9. The zero-order valence-corrected chi connectivity index (χ0v) is 56.3. The second-order valence-corrected chi connectivity index (χ2v) is 25.2. The Morgan fingerprint density at radius 1 is 0.365 bits per heavy atom. The van der Waals surface area contributed by atoms with Crippen molar-refractivity contribution in [1.29, 1.82) is 0 Å². The number of quaternary nitrogens is 1. The fourth-order valence-corrected chi connectivity index (χ4v) is 10.2. The summed E-state index contributed by atoms with van der Waals surface area (Å²) in [5.74, 6) is -2.11. The molecule has 0 radical (unpaired) electrons. The van der Waals surface area contributed by atoms with Crippen LogP contribution >= 0.6 is 0 Å². The molecule has 0 bridgehead atoms. The van der Waals surface area contributed by atoms with E-state index in [0.717, 1.165) is 57.8 Å². The van der Waals surface area contributed by atoms with Crippen LogP contribution in [-0.4, -0.2) is 87.4 Å². The summed E-state index contributed by atoms with van der Waals surface area (Å²) in [6.45, 7) is 4.70. The van der Waals surface area contributed by atoms with Gasteiger partial charge in [-0.1, -0.05) is 317 Å². The summed E-state index contributed by atoms with van der Waals surface area (Å²) in [5, 5.41) is 9.72. The van der Waals surface area contributed by atoms with Gasteiger partial charge in [0.25, 0.3) is 6.29 Å². The van der Waals surface area contributed by atoms with E-state index in [1.165, 1.54) is 231 Å². The minimum Gasteiger partial charge on any atom is -0.477 e. The molecule has 85 heavy (non-hydrogen) atoms. The first kappa shape index (κ1) is 81.5. The number of carboxylic acids is 1. The molecule has 0 spiro atoms. The third-order valence-electron chi connectivity index (χ3n) is 15.6. The lowest BCUT2D eigenvalue weighted by molar-refractivity contribution is -0.870. The largest absolute Gasteiger partial charge is 0.477 e. The predicted octanol–water partition coefficient (Wildman–Crippen LogP) is 22.2. The van der Waals surface area contributed by atoms with Crippen LogP contribution < -0.4 is 0 Å². The van der Waals surface area contributed by atoms with Crippen molar-refractivity contribution in [1.82, 2.24) is 0 Å². The van der Waals surface area contributed by atoms with Gasteiger partial charge in [-0.15, -0.1) is 0 Å². The van der Waals surface area contributed by atoms with E-state index in [4.69, 9.17) is 18.9 Å². The van der Waals surface area contributed by atoms with Crippen LogP contribution in [0.2, 0.25) is 0 Å². The maximum atomic E-state index is 12.9. The number of unbranched alkanes of at least 4 members (excludes halogenated alkanes) is 37. The third-order valence-corrected chi connectivity index (χ3v) is 15.6. The number of likely N-dealkylation sites (N-methyl/N-ethyl adjacent to an activating group) is 1. The SMILES string of the molecule is CC/C=C\C/C=C\C/C=C\C/C=C\C/C=C\C/C=C\CCC(=O)OC(COC(=O)CCCCCCCCCCCCCCCCCCCCCCCCCCCCCCC/C=C\CCCCCCCCCC)COC(OCC[N+](C)(C)C)C(=O)O. The van der Waals surface area contributed by atoms with Crippen molar-refractivity contribution in [3.8, 4) is 0 Å². The summed E-state index contributed by atoms with van der Waals surface area (Å²) in [6.07, 6.45) is 87.6. The van der Waals surface area contributed by atoms with Crippen molar-refractivity contribution < 1.29 is 42.9 Å². The van der Waals surface area contributed by atoms with E-state index in [2.05, 4.69) is 86.8 Å². The van der Waals surface area contributed by atoms with E-state index in [9.17, 15) is 19.5 Å². The number of hydrogen-bond acceptors (Lipinski definition) is 7. The number of aliphatic carboxylic acids is 1. The van der Waals surface area contributed by atoms with Gasteiger partial charge in [-0.3, -0.25) is 9.59 Å². The third kappa shape index (κ3) is 67.8. The van der Waals surface area contributed by atoms with Crippen LogP contribution in [0, 0.1) is 0 Å². The van der Waals surface area contributed by atoms with Gasteiger partial charge in [0.05, 0.1) is 34.4 Å². The van der Waals surface area contributed by atoms with E-state index >= 15 is 0 Å². The number of carbonyl (C=O) groups is 3. The van der Waals surface area contributed by atoms with Crippen LogP contribution in [-0.2, 0) is 33.3 Å². The molecule has 0 saturated carbocycles. The van der Waals surface area contributed by atoms with E-state index in [0.29, 0.717) is 17.4 Å². The smallest absolute Gasteiger partial charge is 0.361 e. The Kier molecular flexibility index (Phi) is 63.7. The Morgan fingerprint density at radius 2 is 0.694 bits per heavy atom. The molecule has 1 N–H and O–H groups in total. The number of carboxylic acid groups (broad SMARTS) is 1. The first-order valence-electron chi connectivity index (χ1n) is 35.8. The molecule has 0 aliphatic carbocycles. The van der Waals surface area contributed by atoms with Gasteiger partial charge in [-0.05, 0) is 77.0 Å². The van der Waals surface area contributed by atoms with Crippen molar-refractivity contribution in [2.75, 3.05) is 47.5 Å². The second-order valence-electron chi connectivity index (χ2n) is 25.2. The summed E-state index contributed by atoms with van der Waals surface area (Å²) in [7, 11) is 5.95. The summed E-state index contributed by atoms with van der Waals surface area (Å²) < 4.78 is 22.8. The number of nitrogens with zero attached hydrogens (tertiary/aromatic N) is 1. The molecular formula is C76H136NO8+. The number of allylic oxidation sites excluding steroid dienone is 14. The summed E-state index contributed by atoms with van der Waals surface area (Å²) >= 11 is 0. The van der Waals surface area contributed by atoms with E-state index in [1.54, 1.807) is 0 Å². The standard InChI is InChI=1S/C76H135NO8/c1-6-8-10-12-14-16-18-20-22-24-26-27-28-29-30-31-32-33-34-35-36-37-38-39-40-41-42-43-44-45-46-47-49-50-52-54-56-58-60-62-64-66-73(78)83-70-72(71-84-76(75(80)81)82-69-68-77(3,4)5)85-74(79)67-65-63-61-59-57-55-53-51-48-25-23-21-19-17-15-13-11-9-7-2/h9,11,15,17,21,23-24,26,48,51,55,57,61,63,72,76H,6-8,10,12-14,16,18-20,22,25,27-47,49-50,52-54,56,58-60,62,64-71H2,1-5H3/p+1/b11-9-,17-15-,23-21-,26-24-,51-48-,57-55-,63-61-. The lowest BCUT2D eigenvalue weighted by Gasteiger charge is -2.25. The van der Waals surface area contributed by atoms with Gasteiger partial charge in [0.1, 0.15) is 13.2 Å². The molecule has 0 aliphatic rings. The molecule has 0 aromatic rings. The summed E-state index contributed by atoms with van der Waals surface area (Å²) in [6, 6.07) is 0. The average molecular weight is 1190 g/mol. The molecule has 9 heteroatoms. The molecule has 2 unspecified atom stereocenters. The highest BCUT2D eigenvalue weighted by Gasteiger charge is 2.25. The molecule has 2 atom stereocenters. The molecule has 0 aromatic carbocycles. The number of rotatable bonds is 66. The molecule has 0 saturated heterocycles. The zero-order valence-electron chi connectivity index (χ0n) is 56.3. The fourth-order valence-electron chi connectivity index (χ4n) is 10.2. The molecule has 0 rings (SSSR count). The maximum absolute atomic E-state index is 12.9. The average Bonchev–Trinajstić information content (AvgIpc) is 3.48. The minimum atomic E-state index is -1.53. The Balaban J connectivity index is 3.98. The summed E-state index contributed by atoms with van der Waals surface area (Å²) in [5.41, 5.74) is 0. The molecular weight excluding hydrogens is 1050 g/mol. The van der Waals surface area contributed by atoms with Crippen LogP contribution in [0.1, 0.15) is 322 Å². The van der Waals surface area contributed by atoms with E-state index in [1.807, 2.05) is 33.3 Å². The van der Waals surface area contributed by atoms with Gasteiger partial charge in [-0.2, -0.15) is 0 Å². The molecule has 0 aromatic heterocycles. The van der Waals surface area contributed by atoms with Gasteiger partial charge in [0.2, 0.25) is 0 Å². The molecule has 0 aliphatic heterocycles. The van der Waals surface area contributed by atoms with E-state index in [-0.39, 0.29) is 38.6 Å². The Labute approximate surface area is 525 Å². The number of hydrogen-bond donors (Lipinski definition) is 1. The highest BCUT2D eigenvalue weighted by molar-refractivity contribution is 5.71. The first-order valence-corrected chi connectivity index (χ1v) is 35.8. The van der Waals surface area contributed by atoms with Gasteiger partial charge in [0, 0.05) is 12.8 Å². The summed E-state index contributed by atoms with van der Waals surface area (Å²) in [4.78, 5) is 37.5. The Morgan fingerprint density at radius 3 is 1.05 bits per heavy atom. The molecule has 492 valence electrons. The van der Waals surface area contributed by atoms with Crippen LogP contribution in [0.5, 0.6) is 0 Å². The number of ether oxygens (including phenoxy) is 4. The predicted molar refractivity (Wildman–Crippen MR) is 364 cm³/mol. The van der Waals surface area contributed by atoms with Gasteiger partial charge >= 0.3 is 17.9 Å².